The Balaban J connectivity index is 2.00. The van der Waals surface area contributed by atoms with Gasteiger partial charge in [-0.25, -0.2) is 4.39 Å². The van der Waals surface area contributed by atoms with E-state index in [9.17, 15) is 14.0 Å². The molecule has 2 aromatic rings. The van der Waals surface area contributed by atoms with Crippen LogP contribution in [-0.4, -0.2) is 11.8 Å². The number of aryl methyl sites for hydroxylation is 1. The lowest BCUT2D eigenvalue weighted by Crippen LogP contribution is -2.15. The van der Waals surface area contributed by atoms with Crippen molar-refractivity contribution in [1.29, 1.82) is 0 Å². The maximum atomic E-state index is 13.5. The van der Waals surface area contributed by atoms with Gasteiger partial charge in [-0.2, -0.15) is 0 Å². The number of hydrogen-bond acceptors (Lipinski definition) is 2. The average Bonchev–Trinajstić information content (AvgIpc) is 2.50. The lowest BCUT2D eigenvalue weighted by atomic mass is 10.1. The molecule has 2 aromatic carbocycles. The van der Waals surface area contributed by atoms with Gasteiger partial charge in [-0.05, 0) is 42.7 Å². The Hall–Kier alpha value is -2.69. The Morgan fingerprint density at radius 1 is 1.00 bits per heavy atom. The molecule has 0 saturated carbocycles. The summed E-state index contributed by atoms with van der Waals surface area (Å²) in [7, 11) is 0. The van der Waals surface area contributed by atoms with Gasteiger partial charge >= 0.3 is 0 Å². The molecule has 0 unspecified atom stereocenters. The third-order valence-electron chi connectivity index (χ3n) is 3.50. The summed E-state index contributed by atoms with van der Waals surface area (Å²) in [6, 6.07) is 11.7. The SMILES string of the molecule is CC(=O)Nc1cccc(NC(=O)CCc2ccccc2F)c1C. The van der Waals surface area contributed by atoms with Gasteiger partial charge in [0.1, 0.15) is 5.82 Å². The number of benzene rings is 2. The molecule has 5 heteroatoms. The van der Waals surface area contributed by atoms with E-state index in [1.807, 2.05) is 6.92 Å². The zero-order chi connectivity index (χ0) is 16.8. The lowest BCUT2D eigenvalue weighted by Gasteiger charge is -2.12. The third-order valence-corrected chi connectivity index (χ3v) is 3.50. The summed E-state index contributed by atoms with van der Waals surface area (Å²) in [5, 5.41) is 5.51. The summed E-state index contributed by atoms with van der Waals surface area (Å²) in [5.41, 5.74) is 2.59. The molecule has 0 aromatic heterocycles. The van der Waals surface area contributed by atoms with Crippen molar-refractivity contribution in [3.63, 3.8) is 0 Å². The normalized spacial score (nSPS) is 10.2. The zero-order valence-corrected chi connectivity index (χ0v) is 13.2. The smallest absolute Gasteiger partial charge is 0.224 e. The van der Waals surface area contributed by atoms with E-state index in [1.54, 1.807) is 36.4 Å². The van der Waals surface area contributed by atoms with Crippen LogP contribution in [0.1, 0.15) is 24.5 Å². The van der Waals surface area contributed by atoms with E-state index in [1.165, 1.54) is 13.0 Å². The summed E-state index contributed by atoms with van der Waals surface area (Å²) in [6.07, 6.45) is 0.522. The quantitative estimate of drug-likeness (QED) is 0.885. The van der Waals surface area contributed by atoms with Crippen molar-refractivity contribution in [2.45, 2.75) is 26.7 Å². The molecule has 0 aliphatic heterocycles. The highest BCUT2D eigenvalue weighted by atomic mass is 19.1. The van der Waals surface area contributed by atoms with Gasteiger partial charge in [0.15, 0.2) is 0 Å². The monoisotopic (exact) mass is 314 g/mol. The summed E-state index contributed by atoms with van der Waals surface area (Å²) in [4.78, 5) is 23.2. The number of carbonyl (C=O) groups is 2. The fraction of sp³-hybridized carbons (Fsp3) is 0.222. The van der Waals surface area contributed by atoms with Crippen LogP contribution in [0, 0.1) is 12.7 Å². The Bertz CT molecular complexity index is 729. The van der Waals surface area contributed by atoms with E-state index in [4.69, 9.17) is 0 Å². The van der Waals surface area contributed by atoms with Gasteiger partial charge in [-0.1, -0.05) is 24.3 Å². The minimum Gasteiger partial charge on any atom is -0.326 e. The molecule has 4 nitrogen and oxygen atoms in total. The second-order valence-corrected chi connectivity index (χ2v) is 5.30. The fourth-order valence-corrected chi connectivity index (χ4v) is 2.26. The number of hydrogen-bond donors (Lipinski definition) is 2. The van der Waals surface area contributed by atoms with E-state index < -0.39 is 0 Å². The van der Waals surface area contributed by atoms with Crippen molar-refractivity contribution in [3.8, 4) is 0 Å². The van der Waals surface area contributed by atoms with E-state index in [0.717, 1.165) is 5.56 Å². The zero-order valence-electron chi connectivity index (χ0n) is 13.2. The van der Waals surface area contributed by atoms with Gasteiger partial charge in [0.2, 0.25) is 11.8 Å². The molecule has 120 valence electrons. The van der Waals surface area contributed by atoms with Crippen molar-refractivity contribution in [2.24, 2.45) is 0 Å². The Labute approximate surface area is 134 Å². The molecule has 0 saturated heterocycles. The lowest BCUT2D eigenvalue weighted by molar-refractivity contribution is -0.116. The molecule has 0 atom stereocenters. The van der Waals surface area contributed by atoms with Crippen LogP contribution in [-0.2, 0) is 16.0 Å². The molecule has 0 heterocycles. The van der Waals surface area contributed by atoms with Crippen LogP contribution < -0.4 is 10.6 Å². The molecule has 2 N–H and O–H groups in total. The maximum absolute atomic E-state index is 13.5. The summed E-state index contributed by atoms with van der Waals surface area (Å²) >= 11 is 0. The van der Waals surface area contributed by atoms with E-state index in [2.05, 4.69) is 10.6 Å². The van der Waals surface area contributed by atoms with Crippen LogP contribution in [0.15, 0.2) is 42.5 Å². The van der Waals surface area contributed by atoms with Gasteiger partial charge < -0.3 is 10.6 Å². The molecule has 0 aliphatic rings. The molecular formula is C18H19FN2O2. The van der Waals surface area contributed by atoms with Crippen molar-refractivity contribution in [2.75, 3.05) is 10.6 Å². The fourth-order valence-electron chi connectivity index (χ4n) is 2.26. The van der Waals surface area contributed by atoms with Gasteiger partial charge in [-0.15, -0.1) is 0 Å². The van der Waals surface area contributed by atoms with Crippen LogP contribution in [0.5, 0.6) is 0 Å². The van der Waals surface area contributed by atoms with Gasteiger partial charge in [0.25, 0.3) is 0 Å². The van der Waals surface area contributed by atoms with E-state index in [0.29, 0.717) is 23.4 Å². The molecule has 0 radical (unpaired) electrons. The predicted molar refractivity (Wildman–Crippen MR) is 88.8 cm³/mol. The van der Waals surface area contributed by atoms with Gasteiger partial charge in [0.05, 0.1) is 0 Å². The Morgan fingerprint density at radius 2 is 1.65 bits per heavy atom. The van der Waals surface area contributed by atoms with Crippen LogP contribution in [0.4, 0.5) is 15.8 Å². The Morgan fingerprint density at radius 3 is 2.30 bits per heavy atom. The average molecular weight is 314 g/mol. The minimum absolute atomic E-state index is 0.170. The van der Waals surface area contributed by atoms with Crippen molar-refractivity contribution in [1.82, 2.24) is 0 Å². The number of carbonyl (C=O) groups excluding carboxylic acids is 2. The second kappa shape index (κ2) is 7.54. The van der Waals surface area contributed by atoms with Crippen LogP contribution in [0.2, 0.25) is 0 Å². The predicted octanol–water partition coefficient (Wildman–Crippen LogP) is 3.66. The first-order valence-electron chi connectivity index (χ1n) is 7.38. The van der Waals surface area contributed by atoms with E-state index >= 15 is 0 Å². The minimum atomic E-state index is -0.302. The molecule has 2 amide bonds. The summed E-state index contributed by atoms with van der Waals surface area (Å²) in [5.74, 6) is -0.670. The highest BCUT2D eigenvalue weighted by Gasteiger charge is 2.10. The molecule has 0 fully saturated rings. The number of amides is 2. The molecule has 0 bridgehead atoms. The number of nitrogens with one attached hydrogen (secondary N) is 2. The first-order chi connectivity index (χ1) is 11.0. The van der Waals surface area contributed by atoms with E-state index in [-0.39, 0.29) is 24.1 Å². The van der Waals surface area contributed by atoms with Crippen molar-refractivity contribution >= 4 is 23.2 Å². The topological polar surface area (TPSA) is 58.2 Å². The molecule has 0 aliphatic carbocycles. The highest BCUT2D eigenvalue weighted by molar-refractivity contribution is 5.95. The first-order valence-corrected chi connectivity index (χ1v) is 7.38. The van der Waals surface area contributed by atoms with Crippen LogP contribution in [0.3, 0.4) is 0 Å². The first kappa shape index (κ1) is 16.7. The maximum Gasteiger partial charge on any atom is 0.224 e. The molecule has 2 rings (SSSR count). The summed E-state index contributed by atoms with van der Waals surface area (Å²) in [6.45, 7) is 3.25. The number of halogens is 1. The number of anilines is 2. The largest absolute Gasteiger partial charge is 0.326 e. The Kier molecular flexibility index (Phi) is 5.46. The number of rotatable bonds is 5. The second-order valence-electron chi connectivity index (χ2n) is 5.30. The van der Waals surface area contributed by atoms with Crippen LogP contribution >= 0.6 is 0 Å². The standard InChI is InChI=1S/C18H19FN2O2/c1-12-16(20-13(2)22)8-5-9-17(12)21-18(23)11-10-14-6-3-4-7-15(14)19/h3-9H,10-11H2,1-2H3,(H,20,22)(H,21,23). The summed E-state index contributed by atoms with van der Waals surface area (Å²) < 4.78 is 13.5. The molecule has 23 heavy (non-hydrogen) atoms. The van der Waals surface area contributed by atoms with Crippen molar-refractivity contribution in [3.05, 3.63) is 59.4 Å². The van der Waals surface area contributed by atoms with Gasteiger partial charge in [0, 0.05) is 24.7 Å². The molecule has 0 spiro atoms. The highest BCUT2D eigenvalue weighted by Crippen LogP contribution is 2.23. The van der Waals surface area contributed by atoms with Crippen LogP contribution in [0.25, 0.3) is 0 Å². The molecular weight excluding hydrogens is 295 g/mol. The third kappa shape index (κ3) is 4.64. The van der Waals surface area contributed by atoms with Crippen molar-refractivity contribution < 1.29 is 14.0 Å². The van der Waals surface area contributed by atoms with Gasteiger partial charge in [-0.3, -0.25) is 9.59 Å².